The second kappa shape index (κ2) is 8.72. The third-order valence-corrected chi connectivity index (χ3v) is 6.88. The summed E-state index contributed by atoms with van der Waals surface area (Å²) in [5, 5.41) is 3.92. The maximum atomic E-state index is 12.5. The first-order valence-electron chi connectivity index (χ1n) is 9.88. The molecule has 144 valence electrons. The maximum Gasteiger partial charge on any atom is 0.222 e. The number of hydrogen-bond donors (Lipinski definition) is 0. The molecule has 1 saturated carbocycles. The van der Waals surface area contributed by atoms with Crippen molar-refractivity contribution in [1.29, 1.82) is 0 Å². The molecule has 1 aromatic heterocycles. The lowest BCUT2D eigenvalue weighted by molar-refractivity contribution is -0.134. The van der Waals surface area contributed by atoms with Crippen LogP contribution in [0.5, 0.6) is 0 Å². The fraction of sp³-hybridized carbons (Fsp3) is 0.524. The molecule has 2 aliphatic rings. The van der Waals surface area contributed by atoms with Crippen molar-refractivity contribution in [3.8, 4) is 10.6 Å². The highest BCUT2D eigenvalue weighted by molar-refractivity contribution is 7.13. The summed E-state index contributed by atoms with van der Waals surface area (Å²) in [5.74, 6) is 0.997. The predicted octanol–water partition coefficient (Wildman–Crippen LogP) is 4.69. The van der Waals surface area contributed by atoms with Gasteiger partial charge in [-0.25, -0.2) is 4.98 Å². The maximum absolute atomic E-state index is 12.5. The van der Waals surface area contributed by atoms with Gasteiger partial charge in [-0.3, -0.25) is 9.69 Å². The molecule has 27 heavy (non-hydrogen) atoms. The van der Waals surface area contributed by atoms with E-state index in [4.69, 9.17) is 16.6 Å². The molecule has 0 bridgehead atoms. The van der Waals surface area contributed by atoms with Crippen LogP contribution < -0.4 is 0 Å². The van der Waals surface area contributed by atoms with Crippen LogP contribution in [0.3, 0.4) is 0 Å². The second-order valence-corrected chi connectivity index (χ2v) is 8.96. The topological polar surface area (TPSA) is 36.4 Å². The summed E-state index contributed by atoms with van der Waals surface area (Å²) in [7, 11) is 0. The summed E-state index contributed by atoms with van der Waals surface area (Å²) in [6.07, 6.45) is 5.85. The Morgan fingerprint density at radius 1 is 1.11 bits per heavy atom. The van der Waals surface area contributed by atoms with Crippen molar-refractivity contribution in [2.24, 2.45) is 5.92 Å². The van der Waals surface area contributed by atoms with Gasteiger partial charge < -0.3 is 4.90 Å². The predicted molar refractivity (Wildman–Crippen MR) is 111 cm³/mol. The number of benzene rings is 1. The summed E-state index contributed by atoms with van der Waals surface area (Å²) in [4.78, 5) is 21.7. The van der Waals surface area contributed by atoms with Crippen LogP contribution in [0.15, 0.2) is 29.6 Å². The zero-order valence-electron chi connectivity index (χ0n) is 15.6. The number of halogens is 1. The van der Waals surface area contributed by atoms with E-state index >= 15 is 0 Å². The first-order valence-corrected chi connectivity index (χ1v) is 11.1. The third-order valence-electron chi connectivity index (χ3n) is 5.69. The van der Waals surface area contributed by atoms with Crippen molar-refractivity contribution in [3.63, 3.8) is 0 Å². The lowest BCUT2D eigenvalue weighted by Gasteiger charge is -2.34. The zero-order valence-corrected chi connectivity index (χ0v) is 17.1. The Morgan fingerprint density at radius 3 is 2.52 bits per heavy atom. The molecule has 2 fully saturated rings. The number of thiazole rings is 1. The fourth-order valence-corrected chi connectivity index (χ4v) is 5.02. The average Bonchev–Trinajstić information content (AvgIpc) is 3.35. The van der Waals surface area contributed by atoms with Crippen LogP contribution in [0.2, 0.25) is 5.02 Å². The molecule has 0 N–H and O–H groups in total. The Hall–Kier alpha value is -1.43. The molecule has 1 amide bonds. The Balaban J connectivity index is 1.27. The molecule has 4 nitrogen and oxygen atoms in total. The third kappa shape index (κ3) is 4.89. The van der Waals surface area contributed by atoms with E-state index in [2.05, 4.69) is 15.2 Å². The summed E-state index contributed by atoms with van der Waals surface area (Å²) in [5.41, 5.74) is 2.22. The normalized spacial score (nSPS) is 18.9. The molecular formula is C21H26ClN3OS. The van der Waals surface area contributed by atoms with Gasteiger partial charge in [0.25, 0.3) is 0 Å². The summed E-state index contributed by atoms with van der Waals surface area (Å²) in [6.45, 7) is 4.42. The molecular weight excluding hydrogens is 378 g/mol. The minimum atomic E-state index is 0.361. The lowest BCUT2D eigenvalue weighted by Crippen LogP contribution is -2.48. The number of carbonyl (C=O) groups excluding carboxylic acids is 1. The first kappa shape index (κ1) is 18.9. The molecule has 1 aromatic carbocycles. The Labute approximate surface area is 170 Å². The van der Waals surface area contributed by atoms with E-state index in [0.29, 0.717) is 11.8 Å². The minimum Gasteiger partial charge on any atom is -0.340 e. The van der Waals surface area contributed by atoms with Crippen molar-refractivity contribution in [2.45, 2.75) is 38.6 Å². The largest absolute Gasteiger partial charge is 0.340 e. The van der Waals surface area contributed by atoms with E-state index in [9.17, 15) is 4.79 Å². The highest BCUT2D eigenvalue weighted by Crippen LogP contribution is 2.28. The molecule has 2 heterocycles. The lowest BCUT2D eigenvalue weighted by atomic mass is 10.0. The summed E-state index contributed by atoms with van der Waals surface area (Å²) >= 11 is 7.64. The Morgan fingerprint density at radius 2 is 1.81 bits per heavy atom. The van der Waals surface area contributed by atoms with Gasteiger partial charge in [-0.1, -0.05) is 36.6 Å². The molecule has 2 aromatic rings. The van der Waals surface area contributed by atoms with Gasteiger partial charge in [0.2, 0.25) is 5.91 Å². The van der Waals surface area contributed by atoms with Gasteiger partial charge in [0.05, 0.1) is 5.69 Å². The SMILES string of the molecule is O=C(CC1CCCC1)N1CCN(Cc2csc(-c3ccc(Cl)cc3)n2)CC1. The van der Waals surface area contributed by atoms with Crippen molar-refractivity contribution in [2.75, 3.05) is 26.2 Å². The molecule has 0 spiro atoms. The number of nitrogens with zero attached hydrogens (tertiary/aromatic N) is 3. The monoisotopic (exact) mass is 403 g/mol. The highest BCUT2D eigenvalue weighted by atomic mass is 35.5. The van der Waals surface area contributed by atoms with Crippen LogP contribution in [0.4, 0.5) is 0 Å². The van der Waals surface area contributed by atoms with Crippen LogP contribution in [-0.4, -0.2) is 46.9 Å². The van der Waals surface area contributed by atoms with Crippen molar-refractivity contribution >= 4 is 28.8 Å². The molecule has 6 heteroatoms. The molecule has 0 radical (unpaired) electrons. The summed E-state index contributed by atoms with van der Waals surface area (Å²) in [6, 6.07) is 7.83. The van der Waals surface area contributed by atoms with Gasteiger partial charge >= 0.3 is 0 Å². The fourth-order valence-electron chi connectivity index (χ4n) is 4.08. The molecule has 1 saturated heterocycles. The minimum absolute atomic E-state index is 0.361. The number of carbonyl (C=O) groups is 1. The average molecular weight is 404 g/mol. The Bertz CT molecular complexity index is 762. The van der Waals surface area contributed by atoms with E-state index in [1.807, 2.05) is 24.3 Å². The molecule has 1 aliphatic carbocycles. The van der Waals surface area contributed by atoms with Crippen LogP contribution in [0.25, 0.3) is 10.6 Å². The smallest absolute Gasteiger partial charge is 0.222 e. The van der Waals surface area contributed by atoms with Gasteiger partial charge in [0.15, 0.2) is 0 Å². The van der Waals surface area contributed by atoms with Gasteiger partial charge in [-0.05, 0) is 30.9 Å². The number of amides is 1. The number of piperazine rings is 1. The van der Waals surface area contributed by atoms with E-state index in [-0.39, 0.29) is 0 Å². The summed E-state index contributed by atoms with van der Waals surface area (Å²) < 4.78 is 0. The molecule has 0 atom stereocenters. The van der Waals surface area contributed by atoms with Gasteiger partial charge in [0, 0.05) is 55.1 Å². The van der Waals surface area contributed by atoms with E-state index in [1.165, 1.54) is 25.7 Å². The van der Waals surface area contributed by atoms with Crippen molar-refractivity contribution in [3.05, 3.63) is 40.4 Å². The van der Waals surface area contributed by atoms with Crippen LogP contribution in [0, 0.1) is 5.92 Å². The molecule has 0 unspecified atom stereocenters. The van der Waals surface area contributed by atoms with E-state index in [0.717, 1.165) is 60.4 Å². The van der Waals surface area contributed by atoms with Crippen LogP contribution >= 0.6 is 22.9 Å². The van der Waals surface area contributed by atoms with E-state index in [1.54, 1.807) is 11.3 Å². The van der Waals surface area contributed by atoms with E-state index < -0.39 is 0 Å². The number of hydrogen-bond acceptors (Lipinski definition) is 4. The van der Waals surface area contributed by atoms with Gasteiger partial charge in [0.1, 0.15) is 5.01 Å². The second-order valence-electron chi connectivity index (χ2n) is 7.66. The standard InChI is InChI=1S/C21H26ClN3OS/c22-18-7-5-17(6-8-18)21-23-19(15-27-21)14-24-9-11-25(12-10-24)20(26)13-16-3-1-2-4-16/h5-8,15-16H,1-4,9-14H2. The van der Waals surface area contributed by atoms with Crippen molar-refractivity contribution < 1.29 is 4.79 Å². The number of aromatic nitrogens is 1. The zero-order chi connectivity index (χ0) is 18.6. The van der Waals surface area contributed by atoms with Crippen LogP contribution in [-0.2, 0) is 11.3 Å². The first-order chi connectivity index (χ1) is 13.2. The Kier molecular flexibility index (Phi) is 6.11. The molecule has 4 rings (SSSR count). The van der Waals surface area contributed by atoms with Crippen molar-refractivity contribution in [1.82, 2.24) is 14.8 Å². The van der Waals surface area contributed by atoms with Crippen LogP contribution in [0.1, 0.15) is 37.8 Å². The molecule has 1 aliphatic heterocycles. The highest BCUT2D eigenvalue weighted by Gasteiger charge is 2.25. The van der Waals surface area contributed by atoms with Gasteiger partial charge in [-0.2, -0.15) is 0 Å². The number of rotatable bonds is 5. The quantitative estimate of drug-likeness (QED) is 0.726. The van der Waals surface area contributed by atoms with Gasteiger partial charge in [-0.15, -0.1) is 11.3 Å².